The molecule has 0 aliphatic heterocycles. The first-order valence-corrected chi connectivity index (χ1v) is 8.03. The van der Waals surface area contributed by atoms with Crippen LogP contribution in [0.4, 0.5) is 0 Å². The number of carboxylic acids is 1. The van der Waals surface area contributed by atoms with Crippen LogP contribution in [0, 0.1) is 0 Å². The number of aromatic nitrogens is 2. The molecule has 6 heteroatoms. The summed E-state index contributed by atoms with van der Waals surface area (Å²) in [7, 11) is 1.57. The zero-order valence-electron chi connectivity index (χ0n) is 13.3. The molecule has 0 spiro atoms. The number of carboxylic acid groups (broad SMARTS) is 1. The summed E-state index contributed by atoms with van der Waals surface area (Å²) in [5.41, 5.74) is 1.28. The number of aryl methyl sites for hydroxylation is 1. The molecule has 5 nitrogen and oxygen atoms in total. The molecule has 0 saturated carbocycles. The molecule has 124 valence electrons. The van der Waals surface area contributed by atoms with E-state index >= 15 is 0 Å². The number of aromatic amines is 1. The Bertz CT molecular complexity index is 670. The SMILES string of the molecule is CCCCc1nc(Cl)c(C(Cc2ccccc2OC)C(=O)O)[nH]1. The highest BCUT2D eigenvalue weighted by molar-refractivity contribution is 6.30. The lowest BCUT2D eigenvalue weighted by atomic mass is 9.96. The molecule has 1 unspecified atom stereocenters. The first-order valence-electron chi connectivity index (χ1n) is 7.65. The number of H-pyrrole nitrogens is 1. The average molecular weight is 337 g/mol. The second-order valence-electron chi connectivity index (χ2n) is 5.40. The van der Waals surface area contributed by atoms with E-state index in [-0.39, 0.29) is 11.6 Å². The standard InChI is InChI=1S/C17H21ClN2O3/c1-3-4-9-14-19-15(16(18)20-14)12(17(21)22)10-11-7-5-6-8-13(11)23-2/h5-8,12H,3-4,9-10H2,1-2H3,(H,19,20)(H,21,22). The van der Waals surface area contributed by atoms with E-state index in [1.807, 2.05) is 24.3 Å². The number of nitrogens with one attached hydrogen (secondary N) is 1. The molecule has 1 atom stereocenters. The van der Waals surface area contributed by atoms with Gasteiger partial charge < -0.3 is 14.8 Å². The molecule has 0 aliphatic rings. The number of methoxy groups -OCH3 is 1. The molecule has 0 saturated heterocycles. The van der Waals surface area contributed by atoms with Crippen molar-refractivity contribution >= 4 is 17.6 Å². The summed E-state index contributed by atoms with van der Waals surface area (Å²) < 4.78 is 5.30. The van der Waals surface area contributed by atoms with Gasteiger partial charge in [0.1, 0.15) is 17.5 Å². The third-order valence-electron chi connectivity index (χ3n) is 3.76. The van der Waals surface area contributed by atoms with E-state index in [4.69, 9.17) is 16.3 Å². The summed E-state index contributed by atoms with van der Waals surface area (Å²) in [6, 6.07) is 7.38. The van der Waals surface area contributed by atoms with Gasteiger partial charge >= 0.3 is 5.97 Å². The van der Waals surface area contributed by atoms with Crippen LogP contribution in [-0.4, -0.2) is 28.2 Å². The average Bonchev–Trinajstić information content (AvgIpc) is 2.91. The van der Waals surface area contributed by atoms with Gasteiger partial charge in [-0.1, -0.05) is 43.1 Å². The van der Waals surface area contributed by atoms with Crippen LogP contribution >= 0.6 is 11.6 Å². The van der Waals surface area contributed by atoms with Crippen molar-refractivity contribution in [3.63, 3.8) is 0 Å². The first-order chi connectivity index (χ1) is 11.1. The molecule has 0 aliphatic carbocycles. The molecule has 0 amide bonds. The lowest BCUT2D eigenvalue weighted by molar-refractivity contribution is -0.138. The second-order valence-corrected chi connectivity index (χ2v) is 5.76. The van der Waals surface area contributed by atoms with Gasteiger partial charge in [0.25, 0.3) is 0 Å². The van der Waals surface area contributed by atoms with E-state index in [0.29, 0.717) is 11.4 Å². The first kappa shape index (κ1) is 17.3. The van der Waals surface area contributed by atoms with Crippen molar-refractivity contribution in [2.45, 2.75) is 38.5 Å². The Morgan fingerprint density at radius 1 is 1.43 bits per heavy atom. The van der Waals surface area contributed by atoms with E-state index in [1.54, 1.807) is 7.11 Å². The van der Waals surface area contributed by atoms with Gasteiger partial charge in [-0.15, -0.1) is 0 Å². The number of unbranched alkanes of at least 4 members (excludes halogenated alkanes) is 1. The summed E-state index contributed by atoms with van der Waals surface area (Å²) >= 11 is 6.17. The van der Waals surface area contributed by atoms with Crippen LogP contribution in [0.2, 0.25) is 5.15 Å². The summed E-state index contributed by atoms with van der Waals surface area (Å²) in [4.78, 5) is 19.1. The fourth-order valence-corrected chi connectivity index (χ4v) is 2.79. The summed E-state index contributed by atoms with van der Waals surface area (Å²) in [6.45, 7) is 2.09. The van der Waals surface area contributed by atoms with Gasteiger partial charge in [0.05, 0.1) is 12.8 Å². The minimum atomic E-state index is -0.941. The molecular weight excluding hydrogens is 316 g/mol. The van der Waals surface area contributed by atoms with Gasteiger partial charge in [-0.2, -0.15) is 0 Å². The van der Waals surface area contributed by atoms with Crippen LogP contribution in [0.25, 0.3) is 0 Å². The quantitative estimate of drug-likeness (QED) is 0.768. The Balaban J connectivity index is 2.28. The monoisotopic (exact) mass is 336 g/mol. The van der Waals surface area contributed by atoms with Crippen LogP contribution in [0.15, 0.2) is 24.3 Å². The number of carbonyl (C=O) groups is 1. The summed E-state index contributed by atoms with van der Waals surface area (Å²) in [5, 5.41) is 9.85. The maximum Gasteiger partial charge on any atom is 0.312 e. The van der Waals surface area contributed by atoms with Gasteiger partial charge in [-0.3, -0.25) is 4.79 Å². The summed E-state index contributed by atoms with van der Waals surface area (Å²) in [6.07, 6.45) is 3.07. The smallest absolute Gasteiger partial charge is 0.312 e. The number of halogens is 1. The largest absolute Gasteiger partial charge is 0.496 e. The Morgan fingerprint density at radius 3 is 2.83 bits per heavy atom. The van der Waals surface area contributed by atoms with E-state index in [0.717, 1.165) is 30.7 Å². The number of nitrogens with zero attached hydrogens (tertiary/aromatic N) is 1. The number of rotatable bonds is 8. The molecule has 0 bridgehead atoms. The van der Waals surface area contributed by atoms with Crippen molar-refractivity contribution in [2.75, 3.05) is 7.11 Å². The number of benzene rings is 1. The van der Waals surface area contributed by atoms with Crippen LogP contribution in [-0.2, 0) is 17.6 Å². The molecule has 2 N–H and O–H groups in total. The second kappa shape index (κ2) is 8.02. The van der Waals surface area contributed by atoms with Gasteiger partial charge in [-0.05, 0) is 24.5 Å². The van der Waals surface area contributed by atoms with E-state index in [1.165, 1.54) is 0 Å². The highest BCUT2D eigenvalue weighted by Gasteiger charge is 2.27. The zero-order chi connectivity index (χ0) is 16.8. The van der Waals surface area contributed by atoms with E-state index in [2.05, 4.69) is 16.9 Å². The Morgan fingerprint density at radius 2 is 2.17 bits per heavy atom. The highest BCUT2D eigenvalue weighted by atomic mass is 35.5. The minimum absolute atomic E-state index is 0.235. The van der Waals surface area contributed by atoms with Crippen LogP contribution in [0.1, 0.15) is 42.8 Å². The van der Waals surface area contributed by atoms with Crippen LogP contribution < -0.4 is 4.74 Å². The number of hydrogen-bond donors (Lipinski definition) is 2. The molecule has 1 aromatic carbocycles. The predicted molar refractivity (Wildman–Crippen MR) is 89.3 cm³/mol. The van der Waals surface area contributed by atoms with Crippen molar-refractivity contribution in [1.82, 2.24) is 9.97 Å². The topological polar surface area (TPSA) is 75.2 Å². The Hall–Kier alpha value is -2.01. The van der Waals surface area contributed by atoms with Crippen molar-refractivity contribution in [3.05, 3.63) is 46.5 Å². The minimum Gasteiger partial charge on any atom is -0.496 e. The molecule has 2 aromatic rings. The molecule has 1 aromatic heterocycles. The maximum atomic E-state index is 11.7. The van der Waals surface area contributed by atoms with Crippen molar-refractivity contribution in [3.8, 4) is 5.75 Å². The highest BCUT2D eigenvalue weighted by Crippen LogP contribution is 2.29. The number of para-hydroxylation sites is 1. The van der Waals surface area contributed by atoms with Crippen molar-refractivity contribution in [2.24, 2.45) is 0 Å². The third-order valence-corrected chi connectivity index (χ3v) is 4.05. The number of imidazole rings is 1. The van der Waals surface area contributed by atoms with Crippen LogP contribution in [0.5, 0.6) is 5.75 Å². The van der Waals surface area contributed by atoms with Gasteiger partial charge in [0.15, 0.2) is 5.15 Å². The fourth-order valence-electron chi connectivity index (χ4n) is 2.51. The predicted octanol–water partition coefficient (Wildman–Crippen LogP) is 3.83. The van der Waals surface area contributed by atoms with E-state index in [9.17, 15) is 9.90 Å². The molecular formula is C17H21ClN2O3. The normalized spacial score (nSPS) is 12.1. The van der Waals surface area contributed by atoms with Gasteiger partial charge in [0, 0.05) is 6.42 Å². The lowest BCUT2D eigenvalue weighted by Gasteiger charge is -2.14. The van der Waals surface area contributed by atoms with Crippen molar-refractivity contribution < 1.29 is 14.6 Å². The maximum absolute atomic E-state index is 11.7. The van der Waals surface area contributed by atoms with Gasteiger partial charge in [0.2, 0.25) is 0 Å². The van der Waals surface area contributed by atoms with E-state index < -0.39 is 11.9 Å². The van der Waals surface area contributed by atoms with Crippen LogP contribution in [0.3, 0.4) is 0 Å². The number of aliphatic carboxylic acids is 1. The zero-order valence-corrected chi connectivity index (χ0v) is 14.1. The molecule has 23 heavy (non-hydrogen) atoms. The number of ether oxygens (including phenoxy) is 1. The molecule has 0 fully saturated rings. The van der Waals surface area contributed by atoms with Crippen molar-refractivity contribution in [1.29, 1.82) is 0 Å². The molecule has 0 radical (unpaired) electrons. The van der Waals surface area contributed by atoms with Gasteiger partial charge in [-0.25, -0.2) is 4.98 Å². The Kier molecular flexibility index (Phi) is 6.04. The molecule has 2 rings (SSSR count). The molecule has 1 heterocycles. The lowest BCUT2D eigenvalue weighted by Crippen LogP contribution is -2.16. The Labute approximate surface area is 140 Å². The fraction of sp³-hybridized carbons (Fsp3) is 0.412. The summed E-state index contributed by atoms with van der Waals surface area (Å²) in [5.74, 6) is -0.330. The number of hydrogen-bond acceptors (Lipinski definition) is 3. The third kappa shape index (κ3) is 4.26.